The van der Waals surface area contributed by atoms with E-state index >= 15 is 0 Å². The summed E-state index contributed by atoms with van der Waals surface area (Å²) in [5.74, 6) is 0. The fraction of sp³-hybridized carbons (Fsp3) is 1.00. The van der Waals surface area contributed by atoms with E-state index in [1.54, 1.807) is 0 Å². The summed E-state index contributed by atoms with van der Waals surface area (Å²) in [5, 5.41) is 0. The molecule has 0 bridgehead atoms. The van der Waals surface area contributed by atoms with Crippen molar-refractivity contribution in [2.45, 2.75) is 38.5 Å². The minimum Gasteiger partial charge on any atom is -0.412 e. The van der Waals surface area contributed by atoms with Crippen molar-refractivity contribution in [3.05, 3.63) is 0 Å². The van der Waals surface area contributed by atoms with Gasteiger partial charge in [0.2, 0.25) is 0 Å². The molecule has 4 N–H and O–H groups in total. The van der Waals surface area contributed by atoms with Crippen molar-refractivity contribution < 1.29 is 32.0 Å². The Bertz CT molecular complexity index is 26.5. The molecular formula is C6H16O2Pt. The first kappa shape index (κ1) is 16.3. The maximum Gasteiger partial charge on any atom is 0 e. The van der Waals surface area contributed by atoms with Crippen molar-refractivity contribution in [1.29, 1.82) is 0 Å². The molecule has 1 aliphatic carbocycles. The summed E-state index contributed by atoms with van der Waals surface area (Å²) in [5.41, 5.74) is 0. The normalized spacial score (nSPS) is 16.0. The molecule has 0 heterocycles. The van der Waals surface area contributed by atoms with Crippen LogP contribution < -0.4 is 0 Å². The molecule has 2 nitrogen and oxygen atoms in total. The van der Waals surface area contributed by atoms with Crippen molar-refractivity contribution in [1.82, 2.24) is 0 Å². The van der Waals surface area contributed by atoms with Crippen LogP contribution in [0.4, 0.5) is 0 Å². The predicted octanol–water partition coefficient (Wildman–Crippen LogP) is 0.689. The first-order valence-corrected chi connectivity index (χ1v) is 3.00. The Morgan fingerprint density at radius 2 is 0.556 bits per heavy atom. The molecular weight excluding hydrogens is 299 g/mol. The van der Waals surface area contributed by atoms with Crippen LogP contribution >= 0.6 is 0 Å². The van der Waals surface area contributed by atoms with Gasteiger partial charge in [-0.3, -0.25) is 0 Å². The second kappa shape index (κ2) is 11.4. The van der Waals surface area contributed by atoms with E-state index in [-0.39, 0.29) is 32.0 Å². The standard InChI is InChI=1S/C6H12.2H2O.Pt/c1-2-4-6-5-3-1;;;/h1-6H2;2*1H2;. The van der Waals surface area contributed by atoms with E-state index in [0.29, 0.717) is 0 Å². The Balaban J connectivity index is -0.000000120. The summed E-state index contributed by atoms with van der Waals surface area (Å²) >= 11 is 0. The quantitative estimate of drug-likeness (QED) is 0.631. The van der Waals surface area contributed by atoms with Crippen LogP contribution in [0.15, 0.2) is 0 Å². The molecule has 0 aromatic heterocycles. The Morgan fingerprint density at radius 1 is 0.444 bits per heavy atom. The molecule has 1 aliphatic rings. The molecule has 0 amide bonds. The van der Waals surface area contributed by atoms with Crippen LogP contribution in [0.3, 0.4) is 0 Å². The largest absolute Gasteiger partial charge is 0.412 e. The van der Waals surface area contributed by atoms with Crippen LogP contribution in [0, 0.1) is 0 Å². The van der Waals surface area contributed by atoms with Gasteiger partial charge in [-0.1, -0.05) is 38.5 Å². The molecule has 0 aromatic carbocycles. The van der Waals surface area contributed by atoms with Gasteiger partial charge in [0.05, 0.1) is 0 Å². The molecule has 0 aromatic rings. The molecule has 0 radical (unpaired) electrons. The van der Waals surface area contributed by atoms with Crippen LogP contribution in [0.25, 0.3) is 0 Å². The van der Waals surface area contributed by atoms with E-state index in [9.17, 15) is 0 Å². The zero-order valence-electron chi connectivity index (χ0n) is 5.56. The number of hydrogen-bond donors (Lipinski definition) is 0. The molecule has 1 fully saturated rings. The Hall–Kier alpha value is 0.608. The van der Waals surface area contributed by atoms with Gasteiger partial charge in [-0.15, -0.1) is 0 Å². The molecule has 0 saturated heterocycles. The van der Waals surface area contributed by atoms with Crippen LogP contribution in [0.5, 0.6) is 0 Å². The van der Waals surface area contributed by atoms with Crippen molar-refractivity contribution in [2.75, 3.05) is 0 Å². The summed E-state index contributed by atoms with van der Waals surface area (Å²) < 4.78 is 0. The van der Waals surface area contributed by atoms with Crippen LogP contribution in [0.2, 0.25) is 0 Å². The third-order valence-electron chi connectivity index (χ3n) is 1.50. The first-order chi connectivity index (χ1) is 3.00. The summed E-state index contributed by atoms with van der Waals surface area (Å²) in [4.78, 5) is 0. The molecule has 62 valence electrons. The third-order valence-corrected chi connectivity index (χ3v) is 1.50. The SMILES string of the molecule is C1CCCCC1.O.O.[Pt]. The van der Waals surface area contributed by atoms with Gasteiger partial charge in [0.1, 0.15) is 0 Å². The van der Waals surface area contributed by atoms with Crippen molar-refractivity contribution in [3.63, 3.8) is 0 Å². The van der Waals surface area contributed by atoms with Crippen molar-refractivity contribution in [2.24, 2.45) is 0 Å². The summed E-state index contributed by atoms with van der Waals surface area (Å²) in [6.07, 6.45) is 9.00. The zero-order valence-corrected chi connectivity index (χ0v) is 7.83. The van der Waals surface area contributed by atoms with Crippen LogP contribution in [-0.2, 0) is 21.1 Å². The van der Waals surface area contributed by atoms with Gasteiger partial charge in [0.15, 0.2) is 0 Å². The fourth-order valence-corrected chi connectivity index (χ4v) is 1.06. The van der Waals surface area contributed by atoms with Gasteiger partial charge in [-0.05, 0) is 0 Å². The Morgan fingerprint density at radius 3 is 0.667 bits per heavy atom. The molecule has 0 atom stereocenters. The smallest absolute Gasteiger partial charge is 0 e. The van der Waals surface area contributed by atoms with Gasteiger partial charge in [-0.25, -0.2) is 0 Å². The molecule has 3 heteroatoms. The average Bonchev–Trinajstić information content (AvgIpc) is 1.72. The average molecular weight is 315 g/mol. The van der Waals surface area contributed by atoms with E-state index in [4.69, 9.17) is 0 Å². The van der Waals surface area contributed by atoms with Crippen molar-refractivity contribution >= 4 is 0 Å². The molecule has 9 heavy (non-hydrogen) atoms. The topological polar surface area (TPSA) is 63.0 Å². The van der Waals surface area contributed by atoms with Gasteiger partial charge in [0, 0.05) is 21.1 Å². The number of hydrogen-bond acceptors (Lipinski definition) is 0. The summed E-state index contributed by atoms with van der Waals surface area (Å²) in [7, 11) is 0. The Kier molecular flexibility index (Phi) is 20.7. The fourth-order valence-electron chi connectivity index (χ4n) is 1.06. The minimum atomic E-state index is 0. The first-order valence-electron chi connectivity index (χ1n) is 3.00. The van der Waals surface area contributed by atoms with Gasteiger partial charge in [0.25, 0.3) is 0 Å². The van der Waals surface area contributed by atoms with E-state index in [1.165, 1.54) is 38.5 Å². The Labute approximate surface area is 70.9 Å². The van der Waals surface area contributed by atoms with E-state index in [0.717, 1.165) is 0 Å². The maximum atomic E-state index is 1.50. The number of rotatable bonds is 0. The van der Waals surface area contributed by atoms with Crippen LogP contribution in [-0.4, -0.2) is 11.0 Å². The summed E-state index contributed by atoms with van der Waals surface area (Å²) in [6.45, 7) is 0. The second-order valence-corrected chi connectivity index (χ2v) is 2.12. The molecule has 0 spiro atoms. The van der Waals surface area contributed by atoms with Crippen molar-refractivity contribution in [3.8, 4) is 0 Å². The van der Waals surface area contributed by atoms with Crippen LogP contribution in [0.1, 0.15) is 38.5 Å². The third kappa shape index (κ3) is 8.61. The van der Waals surface area contributed by atoms with Gasteiger partial charge >= 0.3 is 0 Å². The molecule has 1 saturated carbocycles. The van der Waals surface area contributed by atoms with Gasteiger partial charge in [-0.2, -0.15) is 0 Å². The predicted molar refractivity (Wildman–Crippen MR) is 34.9 cm³/mol. The summed E-state index contributed by atoms with van der Waals surface area (Å²) in [6, 6.07) is 0. The van der Waals surface area contributed by atoms with Gasteiger partial charge < -0.3 is 11.0 Å². The zero-order chi connectivity index (χ0) is 4.24. The van der Waals surface area contributed by atoms with E-state index in [1.807, 2.05) is 0 Å². The molecule has 0 unspecified atom stereocenters. The minimum absolute atomic E-state index is 0. The molecule has 0 aliphatic heterocycles. The monoisotopic (exact) mass is 315 g/mol. The van der Waals surface area contributed by atoms with E-state index < -0.39 is 0 Å². The second-order valence-electron chi connectivity index (χ2n) is 2.12. The van der Waals surface area contributed by atoms with E-state index in [2.05, 4.69) is 0 Å². The molecule has 1 rings (SSSR count). The maximum absolute atomic E-state index is 1.50.